The number of morpholine rings is 1. The highest BCUT2D eigenvalue weighted by molar-refractivity contribution is 5.95. The number of rotatable bonds is 6. The molecule has 0 aromatic heterocycles. The van der Waals surface area contributed by atoms with Gasteiger partial charge in [-0.15, -0.1) is 0 Å². The summed E-state index contributed by atoms with van der Waals surface area (Å²) in [6.45, 7) is 3.54. The van der Waals surface area contributed by atoms with Gasteiger partial charge in [0, 0.05) is 37.0 Å². The van der Waals surface area contributed by atoms with E-state index < -0.39 is 6.10 Å². The minimum atomic E-state index is -0.726. The van der Waals surface area contributed by atoms with Crippen molar-refractivity contribution in [3.05, 3.63) is 18.2 Å². The van der Waals surface area contributed by atoms with Crippen LogP contribution in [0.4, 0.5) is 5.69 Å². The fourth-order valence-electron chi connectivity index (χ4n) is 2.41. The molecule has 7 heteroatoms. The number of likely N-dealkylation sites (N-methyl/N-ethyl adjacent to an activating group) is 1. The Morgan fingerprint density at radius 2 is 1.96 bits per heavy atom. The summed E-state index contributed by atoms with van der Waals surface area (Å²) in [5.41, 5.74) is 0.543. The monoisotopic (exact) mass is 322 g/mol. The number of hydrogen-bond acceptors (Lipinski definition) is 5. The minimum Gasteiger partial charge on any atom is -0.497 e. The standard InChI is InChI=1S/C16H22N2O5/c1-4-18-5-6-23-14(16(18)20)10-15(19)17-11-7-12(21-2)9-13(8-11)22-3/h7-9,14H,4-6,10H2,1-3H3,(H,17,19)/t14-/m0/s1. The summed E-state index contributed by atoms with van der Waals surface area (Å²) in [6, 6.07) is 5.08. The Kier molecular flexibility index (Phi) is 5.81. The molecule has 23 heavy (non-hydrogen) atoms. The molecule has 0 unspecified atom stereocenters. The van der Waals surface area contributed by atoms with E-state index in [2.05, 4.69) is 5.32 Å². The molecular weight excluding hydrogens is 300 g/mol. The van der Waals surface area contributed by atoms with Gasteiger partial charge in [0.25, 0.3) is 5.91 Å². The largest absolute Gasteiger partial charge is 0.497 e. The zero-order valence-corrected chi connectivity index (χ0v) is 13.6. The molecule has 1 fully saturated rings. The van der Waals surface area contributed by atoms with Gasteiger partial charge >= 0.3 is 0 Å². The number of amides is 2. The van der Waals surface area contributed by atoms with E-state index in [4.69, 9.17) is 14.2 Å². The summed E-state index contributed by atoms with van der Waals surface area (Å²) >= 11 is 0. The normalized spacial score (nSPS) is 17.8. The number of carbonyl (C=O) groups excluding carboxylic acids is 2. The molecule has 1 heterocycles. The van der Waals surface area contributed by atoms with Crippen molar-refractivity contribution in [2.75, 3.05) is 39.2 Å². The predicted molar refractivity (Wildman–Crippen MR) is 84.8 cm³/mol. The molecule has 0 aliphatic carbocycles. The van der Waals surface area contributed by atoms with Crippen molar-refractivity contribution in [1.82, 2.24) is 4.90 Å². The zero-order valence-electron chi connectivity index (χ0n) is 13.6. The maximum absolute atomic E-state index is 12.2. The Labute approximate surface area is 135 Å². The minimum absolute atomic E-state index is 0.0190. The van der Waals surface area contributed by atoms with Gasteiger partial charge in [0.2, 0.25) is 5.91 Å². The number of benzene rings is 1. The molecule has 0 saturated carbocycles. The van der Waals surface area contributed by atoms with Crippen LogP contribution in [-0.2, 0) is 14.3 Å². The highest BCUT2D eigenvalue weighted by Gasteiger charge is 2.30. The van der Waals surface area contributed by atoms with Crippen LogP contribution in [0.1, 0.15) is 13.3 Å². The molecular formula is C16H22N2O5. The molecule has 1 aromatic carbocycles. The lowest BCUT2D eigenvalue weighted by Gasteiger charge is -2.31. The first kappa shape index (κ1) is 17.1. The van der Waals surface area contributed by atoms with Crippen molar-refractivity contribution in [2.45, 2.75) is 19.4 Å². The first-order valence-corrected chi connectivity index (χ1v) is 7.50. The van der Waals surface area contributed by atoms with E-state index in [1.807, 2.05) is 6.92 Å². The number of hydrogen-bond donors (Lipinski definition) is 1. The molecule has 1 aliphatic heterocycles. The number of carbonyl (C=O) groups is 2. The van der Waals surface area contributed by atoms with Gasteiger partial charge in [-0.3, -0.25) is 9.59 Å². The second kappa shape index (κ2) is 7.82. The molecule has 7 nitrogen and oxygen atoms in total. The van der Waals surface area contributed by atoms with Gasteiger partial charge < -0.3 is 24.4 Å². The summed E-state index contributed by atoms with van der Waals surface area (Å²) < 4.78 is 15.7. The van der Waals surface area contributed by atoms with Gasteiger partial charge in [0.05, 0.1) is 27.2 Å². The van der Waals surface area contributed by atoms with Crippen molar-refractivity contribution in [2.24, 2.45) is 0 Å². The SMILES string of the molecule is CCN1CCO[C@@H](CC(=O)Nc2cc(OC)cc(OC)c2)C1=O. The van der Waals surface area contributed by atoms with Crippen LogP contribution in [-0.4, -0.2) is 56.7 Å². The molecule has 1 N–H and O–H groups in total. The quantitative estimate of drug-likeness (QED) is 0.854. The van der Waals surface area contributed by atoms with Crippen LogP contribution in [0.25, 0.3) is 0 Å². The highest BCUT2D eigenvalue weighted by atomic mass is 16.5. The van der Waals surface area contributed by atoms with E-state index in [0.29, 0.717) is 36.9 Å². The summed E-state index contributed by atoms with van der Waals surface area (Å²) in [5.74, 6) is 0.706. The number of nitrogens with one attached hydrogen (secondary N) is 1. The Balaban J connectivity index is 2.00. The fraction of sp³-hybridized carbons (Fsp3) is 0.500. The number of methoxy groups -OCH3 is 2. The first-order chi connectivity index (χ1) is 11.1. The molecule has 0 radical (unpaired) electrons. The highest BCUT2D eigenvalue weighted by Crippen LogP contribution is 2.26. The van der Waals surface area contributed by atoms with Crippen LogP contribution in [0.5, 0.6) is 11.5 Å². The lowest BCUT2D eigenvalue weighted by Crippen LogP contribution is -2.48. The molecule has 0 spiro atoms. The second-order valence-electron chi connectivity index (χ2n) is 5.13. The smallest absolute Gasteiger partial charge is 0.252 e. The van der Waals surface area contributed by atoms with Crippen LogP contribution in [0, 0.1) is 0 Å². The molecule has 1 atom stereocenters. The van der Waals surface area contributed by atoms with Crippen LogP contribution in [0.15, 0.2) is 18.2 Å². The molecule has 0 bridgehead atoms. The van der Waals surface area contributed by atoms with E-state index in [0.717, 1.165) is 0 Å². The van der Waals surface area contributed by atoms with E-state index in [1.165, 1.54) is 14.2 Å². The lowest BCUT2D eigenvalue weighted by atomic mass is 10.1. The summed E-state index contributed by atoms with van der Waals surface area (Å²) in [7, 11) is 3.07. The van der Waals surface area contributed by atoms with E-state index in [9.17, 15) is 9.59 Å². The van der Waals surface area contributed by atoms with Crippen LogP contribution in [0.2, 0.25) is 0 Å². The lowest BCUT2D eigenvalue weighted by molar-refractivity contribution is -0.154. The third-order valence-electron chi connectivity index (χ3n) is 3.66. The second-order valence-corrected chi connectivity index (χ2v) is 5.13. The Hall–Kier alpha value is -2.28. The molecule has 2 amide bonds. The topological polar surface area (TPSA) is 77.1 Å². The average molecular weight is 322 g/mol. The fourth-order valence-corrected chi connectivity index (χ4v) is 2.41. The van der Waals surface area contributed by atoms with Gasteiger partial charge in [0.1, 0.15) is 17.6 Å². The Morgan fingerprint density at radius 3 is 2.52 bits per heavy atom. The van der Waals surface area contributed by atoms with Crippen molar-refractivity contribution in [3.63, 3.8) is 0 Å². The van der Waals surface area contributed by atoms with Gasteiger partial charge in [0.15, 0.2) is 0 Å². The summed E-state index contributed by atoms with van der Waals surface area (Å²) in [6.07, 6.45) is -0.745. The Bertz CT molecular complexity index is 553. The van der Waals surface area contributed by atoms with E-state index in [1.54, 1.807) is 23.1 Å². The van der Waals surface area contributed by atoms with E-state index in [-0.39, 0.29) is 18.2 Å². The van der Waals surface area contributed by atoms with Crippen molar-refractivity contribution >= 4 is 17.5 Å². The van der Waals surface area contributed by atoms with Gasteiger partial charge in [-0.2, -0.15) is 0 Å². The molecule has 126 valence electrons. The van der Waals surface area contributed by atoms with Crippen LogP contribution in [0.3, 0.4) is 0 Å². The van der Waals surface area contributed by atoms with Crippen molar-refractivity contribution in [1.29, 1.82) is 0 Å². The van der Waals surface area contributed by atoms with Gasteiger partial charge in [-0.1, -0.05) is 0 Å². The van der Waals surface area contributed by atoms with Gasteiger partial charge in [-0.05, 0) is 6.92 Å². The maximum Gasteiger partial charge on any atom is 0.252 e. The number of ether oxygens (including phenoxy) is 3. The predicted octanol–water partition coefficient (Wildman–Crippen LogP) is 1.28. The average Bonchev–Trinajstić information content (AvgIpc) is 2.56. The molecule has 1 aromatic rings. The first-order valence-electron chi connectivity index (χ1n) is 7.50. The van der Waals surface area contributed by atoms with Crippen molar-refractivity contribution in [3.8, 4) is 11.5 Å². The number of anilines is 1. The number of nitrogens with zero attached hydrogens (tertiary/aromatic N) is 1. The zero-order chi connectivity index (χ0) is 16.8. The van der Waals surface area contributed by atoms with Crippen LogP contribution >= 0.6 is 0 Å². The van der Waals surface area contributed by atoms with Crippen molar-refractivity contribution < 1.29 is 23.8 Å². The third-order valence-corrected chi connectivity index (χ3v) is 3.66. The maximum atomic E-state index is 12.2. The summed E-state index contributed by atoms with van der Waals surface area (Å²) in [4.78, 5) is 26.0. The van der Waals surface area contributed by atoms with Crippen LogP contribution < -0.4 is 14.8 Å². The third kappa shape index (κ3) is 4.35. The summed E-state index contributed by atoms with van der Waals surface area (Å²) in [5, 5.41) is 2.74. The van der Waals surface area contributed by atoms with Gasteiger partial charge in [-0.25, -0.2) is 0 Å². The molecule has 1 aliphatic rings. The Morgan fingerprint density at radius 1 is 1.30 bits per heavy atom. The van der Waals surface area contributed by atoms with E-state index >= 15 is 0 Å². The molecule has 1 saturated heterocycles. The molecule has 2 rings (SSSR count).